The summed E-state index contributed by atoms with van der Waals surface area (Å²) in [6.45, 7) is 3.57. The number of halogens is 2. The summed E-state index contributed by atoms with van der Waals surface area (Å²) in [5.41, 5.74) is 0.526. The van der Waals surface area contributed by atoms with E-state index in [1.807, 2.05) is 6.92 Å². The number of carbonyl (C=O) groups excluding carboxylic acids is 1. The van der Waals surface area contributed by atoms with Crippen LogP contribution in [0, 0.1) is 0 Å². The number of ether oxygens (including phenoxy) is 2. The van der Waals surface area contributed by atoms with Crippen molar-refractivity contribution >= 4 is 33.4 Å². The average Bonchev–Trinajstić information content (AvgIpc) is 2.75. The van der Waals surface area contributed by atoms with Crippen LogP contribution in [0.1, 0.15) is 23.7 Å². The first-order chi connectivity index (χ1) is 8.98. The minimum atomic E-state index is -0.581. The van der Waals surface area contributed by atoms with Crippen LogP contribution in [0.5, 0.6) is 0 Å². The van der Waals surface area contributed by atoms with Gasteiger partial charge in [0, 0.05) is 28.0 Å². The molecule has 104 valence electrons. The zero-order chi connectivity index (χ0) is 13.9. The first-order valence-electron chi connectivity index (χ1n) is 6.01. The van der Waals surface area contributed by atoms with Gasteiger partial charge in [-0.05, 0) is 25.1 Å². The molecule has 2 rings (SSSR count). The van der Waals surface area contributed by atoms with E-state index >= 15 is 0 Å². The van der Waals surface area contributed by atoms with E-state index in [0.29, 0.717) is 36.8 Å². The highest BCUT2D eigenvalue weighted by molar-refractivity contribution is 9.10. The molecule has 0 bridgehead atoms. The second-order valence-corrected chi connectivity index (χ2v) is 5.85. The fraction of sp³-hybridized carbons (Fsp3) is 0.462. The van der Waals surface area contributed by atoms with Crippen molar-refractivity contribution in [3.8, 4) is 0 Å². The molecule has 19 heavy (non-hydrogen) atoms. The lowest BCUT2D eigenvalue weighted by atomic mass is 10.2. The highest BCUT2D eigenvalue weighted by Crippen LogP contribution is 2.22. The molecule has 0 spiro atoms. The van der Waals surface area contributed by atoms with E-state index in [9.17, 15) is 4.79 Å². The van der Waals surface area contributed by atoms with Crippen LogP contribution in [0.2, 0.25) is 5.02 Å². The molecule has 1 N–H and O–H groups in total. The molecule has 1 saturated heterocycles. The molecule has 4 nitrogen and oxygen atoms in total. The summed E-state index contributed by atoms with van der Waals surface area (Å²) in [5.74, 6) is -0.743. The van der Waals surface area contributed by atoms with Crippen molar-refractivity contribution in [1.29, 1.82) is 0 Å². The van der Waals surface area contributed by atoms with Gasteiger partial charge in [0.05, 0.1) is 13.2 Å². The zero-order valence-electron chi connectivity index (χ0n) is 10.5. The molecule has 1 aliphatic heterocycles. The molecule has 1 amide bonds. The smallest absolute Gasteiger partial charge is 0.251 e. The number of benzene rings is 1. The zero-order valence-corrected chi connectivity index (χ0v) is 12.9. The molecule has 1 aliphatic rings. The molecule has 1 fully saturated rings. The molecule has 6 heteroatoms. The largest absolute Gasteiger partial charge is 0.352 e. The predicted octanol–water partition coefficient (Wildman–Crippen LogP) is 2.99. The van der Waals surface area contributed by atoms with Crippen molar-refractivity contribution in [2.24, 2.45) is 0 Å². The average molecular weight is 349 g/mol. The Morgan fingerprint density at radius 3 is 2.74 bits per heavy atom. The van der Waals surface area contributed by atoms with Crippen LogP contribution in [-0.2, 0) is 9.47 Å². The molecule has 0 atom stereocenters. The van der Waals surface area contributed by atoms with Crippen LogP contribution >= 0.6 is 27.5 Å². The van der Waals surface area contributed by atoms with Gasteiger partial charge in [-0.15, -0.1) is 0 Å². The van der Waals surface area contributed by atoms with Crippen molar-refractivity contribution in [3.05, 3.63) is 33.3 Å². The molecular weight excluding hydrogens is 334 g/mol. The Balaban J connectivity index is 1.87. The Labute approximate surface area is 125 Å². The minimum Gasteiger partial charge on any atom is -0.352 e. The number of hydrogen-bond donors (Lipinski definition) is 1. The first-order valence-corrected chi connectivity index (χ1v) is 7.18. The van der Waals surface area contributed by atoms with E-state index in [1.165, 1.54) is 0 Å². The van der Waals surface area contributed by atoms with Crippen molar-refractivity contribution in [1.82, 2.24) is 5.32 Å². The van der Waals surface area contributed by atoms with Gasteiger partial charge in [-0.25, -0.2) is 0 Å². The van der Waals surface area contributed by atoms with Gasteiger partial charge in [-0.2, -0.15) is 0 Å². The molecule has 1 aromatic carbocycles. The maximum atomic E-state index is 12.0. The number of nitrogens with one attached hydrogen (secondary N) is 1. The van der Waals surface area contributed by atoms with Crippen LogP contribution in [0.3, 0.4) is 0 Å². The van der Waals surface area contributed by atoms with Gasteiger partial charge in [-0.1, -0.05) is 27.5 Å². The summed E-state index contributed by atoms with van der Waals surface area (Å²) >= 11 is 9.21. The summed E-state index contributed by atoms with van der Waals surface area (Å²) < 4.78 is 11.7. The molecule has 0 aromatic heterocycles. The second-order valence-electron chi connectivity index (χ2n) is 4.49. The van der Waals surface area contributed by atoms with E-state index < -0.39 is 5.79 Å². The third-order valence-corrected chi connectivity index (χ3v) is 3.56. The van der Waals surface area contributed by atoms with Gasteiger partial charge in [0.15, 0.2) is 5.79 Å². The highest BCUT2D eigenvalue weighted by Gasteiger charge is 2.30. The number of amides is 1. The predicted molar refractivity (Wildman–Crippen MR) is 76.4 cm³/mol. The third kappa shape index (κ3) is 4.18. The number of carbonyl (C=O) groups is 1. The van der Waals surface area contributed by atoms with Gasteiger partial charge < -0.3 is 14.8 Å². The van der Waals surface area contributed by atoms with Crippen LogP contribution < -0.4 is 5.32 Å². The Hall–Kier alpha value is -0.620. The summed E-state index contributed by atoms with van der Waals surface area (Å²) in [4.78, 5) is 12.0. The van der Waals surface area contributed by atoms with Gasteiger partial charge in [0.25, 0.3) is 5.91 Å². The van der Waals surface area contributed by atoms with E-state index in [1.54, 1.807) is 18.2 Å². The number of rotatable bonds is 4. The lowest BCUT2D eigenvalue weighted by molar-refractivity contribution is -0.145. The quantitative estimate of drug-likeness (QED) is 0.910. The Kier molecular flexibility index (Phi) is 4.84. The summed E-state index contributed by atoms with van der Waals surface area (Å²) in [6, 6.07) is 5.09. The van der Waals surface area contributed by atoms with Crippen molar-refractivity contribution in [3.63, 3.8) is 0 Å². The van der Waals surface area contributed by atoms with Gasteiger partial charge in [-0.3, -0.25) is 4.79 Å². The van der Waals surface area contributed by atoms with E-state index in [4.69, 9.17) is 21.1 Å². The Bertz CT molecular complexity index is 455. The molecule has 0 unspecified atom stereocenters. The lowest BCUT2D eigenvalue weighted by Gasteiger charge is -2.22. The second kappa shape index (κ2) is 6.22. The molecule has 0 radical (unpaired) electrons. The summed E-state index contributed by atoms with van der Waals surface area (Å²) in [6.07, 6.45) is 0.612. The van der Waals surface area contributed by atoms with Gasteiger partial charge in [0.1, 0.15) is 0 Å². The Morgan fingerprint density at radius 2 is 2.11 bits per heavy atom. The standard InChI is InChI=1S/C13H15BrClNO3/c1-13(18-4-5-19-13)2-3-16-12(17)9-6-10(14)8-11(15)7-9/h6-8H,2-5H2,1H3,(H,16,17). The van der Waals surface area contributed by atoms with Crippen LogP contribution in [0.25, 0.3) is 0 Å². The van der Waals surface area contributed by atoms with Crippen molar-refractivity contribution in [2.75, 3.05) is 19.8 Å². The summed E-state index contributed by atoms with van der Waals surface area (Å²) in [5, 5.41) is 3.35. The normalized spacial score (nSPS) is 17.4. The van der Waals surface area contributed by atoms with Gasteiger partial charge in [0.2, 0.25) is 0 Å². The van der Waals surface area contributed by atoms with E-state index in [-0.39, 0.29) is 5.91 Å². The molecule has 0 aliphatic carbocycles. The molecule has 1 aromatic rings. The highest BCUT2D eigenvalue weighted by atomic mass is 79.9. The van der Waals surface area contributed by atoms with Crippen LogP contribution in [-0.4, -0.2) is 31.5 Å². The summed E-state index contributed by atoms with van der Waals surface area (Å²) in [7, 11) is 0. The minimum absolute atomic E-state index is 0.162. The lowest BCUT2D eigenvalue weighted by Crippen LogP contribution is -2.33. The number of hydrogen-bond acceptors (Lipinski definition) is 3. The van der Waals surface area contributed by atoms with Crippen molar-refractivity contribution < 1.29 is 14.3 Å². The van der Waals surface area contributed by atoms with E-state index in [2.05, 4.69) is 21.2 Å². The van der Waals surface area contributed by atoms with Crippen LogP contribution in [0.4, 0.5) is 0 Å². The van der Waals surface area contributed by atoms with Crippen LogP contribution in [0.15, 0.2) is 22.7 Å². The fourth-order valence-corrected chi connectivity index (χ4v) is 2.75. The molecule has 0 saturated carbocycles. The van der Waals surface area contributed by atoms with E-state index in [0.717, 1.165) is 4.47 Å². The monoisotopic (exact) mass is 347 g/mol. The topological polar surface area (TPSA) is 47.6 Å². The molecule has 1 heterocycles. The van der Waals surface area contributed by atoms with Gasteiger partial charge >= 0.3 is 0 Å². The fourth-order valence-electron chi connectivity index (χ4n) is 1.89. The maximum absolute atomic E-state index is 12.0. The van der Waals surface area contributed by atoms with Crippen molar-refractivity contribution in [2.45, 2.75) is 19.1 Å². The first kappa shape index (κ1) is 14.8. The Morgan fingerprint density at radius 1 is 1.42 bits per heavy atom. The third-order valence-electron chi connectivity index (χ3n) is 2.89. The maximum Gasteiger partial charge on any atom is 0.251 e. The molecular formula is C13H15BrClNO3. The SMILES string of the molecule is CC1(CCNC(=O)c2cc(Cl)cc(Br)c2)OCCO1.